The van der Waals surface area contributed by atoms with Crippen LogP contribution in [0.15, 0.2) is 30.5 Å². The normalized spacial score (nSPS) is 13.4. The van der Waals surface area contributed by atoms with Crippen molar-refractivity contribution < 1.29 is 9.59 Å². The number of aromatic nitrogens is 2. The maximum absolute atomic E-state index is 12.8. The number of fused-ring (bicyclic) bond motifs is 2. The summed E-state index contributed by atoms with van der Waals surface area (Å²) < 4.78 is 1.60. The van der Waals surface area contributed by atoms with Gasteiger partial charge in [-0.05, 0) is 33.2 Å². The third-order valence-electron chi connectivity index (χ3n) is 3.67. The molecule has 1 aromatic heterocycles. The van der Waals surface area contributed by atoms with Gasteiger partial charge in [0.2, 0.25) is 5.91 Å². The van der Waals surface area contributed by atoms with Gasteiger partial charge in [-0.2, -0.15) is 5.10 Å². The van der Waals surface area contributed by atoms with E-state index in [1.807, 2.05) is 39.2 Å². The van der Waals surface area contributed by atoms with Crippen LogP contribution >= 0.6 is 0 Å². The van der Waals surface area contributed by atoms with E-state index in [0.29, 0.717) is 29.3 Å². The highest BCUT2D eigenvalue weighted by molar-refractivity contribution is 6.17. The van der Waals surface area contributed by atoms with Crippen LogP contribution < -0.4 is 10.2 Å². The van der Waals surface area contributed by atoms with E-state index < -0.39 is 0 Å². The lowest BCUT2D eigenvalue weighted by atomic mass is 10.2. The van der Waals surface area contributed by atoms with Crippen molar-refractivity contribution in [3.63, 3.8) is 0 Å². The first-order valence-electron chi connectivity index (χ1n) is 7.46. The molecule has 0 aliphatic carbocycles. The molecule has 1 N–H and O–H groups in total. The number of nitrogens with zero attached hydrogens (tertiary/aromatic N) is 4. The molecule has 0 spiro atoms. The molecule has 0 fully saturated rings. The van der Waals surface area contributed by atoms with Gasteiger partial charge < -0.3 is 10.2 Å². The van der Waals surface area contributed by atoms with E-state index in [0.717, 1.165) is 0 Å². The van der Waals surface area contributed by atoms with Crippen molar-refractivity contribution in [2.24, 2.45) is 0 Å². The summed E-state index contributed by atoms with van der Waals surface area (Å²) in [5.41, 5.74) is 2.18. The minimum atomic E-state index is -0.257. The quantitative estimate of drug-likeness (QED) is 0.936. The van der Waals surface area contributed by atoms with Crippen LogP contribution in [-0.4, -0.2) is 47.1 Å². The molecule has 1 aliphatic heterocycles. The van der Waals surface area contributed by atoms with E-state index in [1.54, 1.807) is 26.7 Å². The summed E-state index contributed by atoms with van der Waals surface area (Å²) in [7, 11) is 3.67. The second-order valence-corrected chi connectivity index (χ2v) is 5.63. The van der Waals surface area contributed by atoms with Gasteiger partial charge in [0.05, 0.1) is 24.1 Å². The topological polar surface area (TPSA) is 70.5 Å². The van der Waals surface area contributed by atoms with Gasteiger partial charge in [0.15, 0.2) is 5.69 Å². The Balaban J connectivity index is 2.20. The third-order valence-corrected chi connectivity index (χ3v) is 3.67. The molecule has 7 nitrogen and oxygen atoms in total. The highest BCUT2D eigenvalue weighted by Crippen LogP contribution is 2.37. The van der Waals surface area contributed by atoms with Crippen LogP contribution in [0.1, 0.15) is 17.4 Å². The minimum Gasteiger partial charge on any atom is -0.319 e. The molecule has 0 atom stereocenters. The van der Waals surface area contributed by atoms with E-state index in [1.165, 1.54) is 0 Å². The highest BCUT2D eigenvalue weighted by atomic mass is 16.2. The molecule has 0 radical (unpaired) electrons. The zero-order valence-electron chi connectivity index (χ0n) is 13.4. The molecule has 23 heavy (non-hydrogen) atoms. The van der Waals surface area contributed by atoms with Gasteiger partial charge in [-0.15, -0.1) is 0 Å². The second kappa shape index (κ2) is 5.85. The standard InChI is InChI=1S/C16H19N5O2/c1-4-20-15-13(9-17-20)21(14(22)10-19(2)3)12-8-6-5-7-11(12)18-16(15)23/h5-9H,4,10H2,1-3H3,(H,18,23). The number of carbonyl (C=O) groups excluding carboxylic acids is 2. The number of amides is 2. The van der Waals surface area contributed by atoms with Crippen LogP contribution in [0.25, 0.3) is 0 Å². The van der Waals surface area contributed by atoms with E-state index in [9.17, 15) is 9.59 Å². The lowest BCUT2D eigenvalue weighted by Crippen LogP contribution is -2.34. The number of hydrogen-bond acceptors (Lipinski definition) is 4. The fourth-order valence-corrected chi connectivity index (χ4v) is 2.71. The number of rotatable bonds is 3. The Bertz CT molecular complexity index is 766. The fourth-order valence-electron chi connectivity index (χ4n) is 2.71. The smallest absolute Gasteiger partial charge is 0.276 e. The van der Waals surface area contributed by atoms with Crippen LogP contribution in [0.4, 0.5) is 17.1 Å². The van der Waals surface area contributed by atoms with Crippen molar-refractivity contribution in [3.8, 4) is 0 Å². The van der Waals surface area contributed by atoms with Crippen molar-refractivity contribution in [2.45, 2.75) is 13.5 Å². The lowest BCUT2D eigenvalue weighted by Gasteiger charge is -2.23. The molecule has 7 heteroatoms. The van der Waals surface area contributed by atoms with Crippen LogP contribution in [0.2, 0.25) is 0 Å². The Hall–Kier alpha value is -2.67. The van der Waals surface area contributed by atoms with E-state index in [4.69, 9.17) is 0 Å². The molecule has 1 aromatic carbocycles. The Morgan fingerprint density at radius 2 is 2.00 bits per heavy atom. The molecular formula is C16H19N5O2. The zero-order chi connectivity index (χ0) is 16.6. The van der Waals surface area contributed by atoms with Crippen molar-refractivity contribution in [1.29, 1.82) is 0 Å². The number of likely N-dealkylation sites (N-methyl/N-ethyl adjacent to an activating group) is 1. The molecule has 0 saturated carbocycles. The second-order valence-electron chi connectivity index (χ2n) is 5.63. The molecule has 2 aromatic rings. The number of nitrogens with one attached hydrogen (secondary N) is 1. The average Bonchev–Trinajstić information content (AvgIpc) is 2.87. The predicted octanol–water partition coefficient (Wildman–Crippen LogP) is 1.69. The monoisotopic (exact) mass is 313 g/mol. The van der Waals surface area contributed by atoms with Gasteiger partial charge in [-0.3, -0.25) is 19.2 Å². The molecule has 1 aliphatic rings. The maximum Gasteiger partial charge on any atom is 0.276 e. The van der Waals surface area contributed by atoms with Gasteiger partial charge >= 0.3 is 0 Å². The summed E-state index contributed by atoms with van der Waals surface area (Å²) in [6.07, 6.45) is 1.58. The summed E-state index contributed by atoms with van der Waals surface area (Å²) in [5.74, 6) is -0.372. The first-order chi connectivity index (χ1) is 11.0. The van der Waals surface area contributed by atoms with Crippen LogP contribution in [0, 0.1) is 0 Å². The highest BCUT2D eigenvalue weighted by Gasteiger charge is 2.32. The van der Waals surface area contributed by atoms with E-state index in [-0.39, 0.29) is 18.4 Å². The fraction of sp³-hybridized carbons (Fsp3) is 0.312. The van der Waals surface area contributed by atoms with Crippen molar-refractivity contribution in [3.05, 3.63) is 36.2 Å². The molecule has 3 rings (SSSR count). The average molecular weight is 313 g/mol. The number of benzene rings is 1. The van der Waals surface area contributed by atoms with Gasteiger partial charge in [-0.1, -0.05) is 12.1 Å². The summed E-state index contributed by atoms with van der Waals surface area (Å²) in [5, 5.41) is 7.11. The predicted molar refractivity (Wildman–Crippen MR) is 88.0 cm³/mol. The van der Waals surface area contributed by atoms with Gasteiger partial charge in [-0.25, -0.2) is 0 Å². The molecule has 2 heterocycles. The number of aryl methyl sites for hydroxylation is 1. The van der Waals surface area contributed by atoms with Gasteiger partial charge in [0, 0.05) is 6.54 Å². The largest absolute Gasteiger partial charge is 0.319 e. The molecule has 0 saturated heterocycles. The zero-order valence-corrected chi connectivity index (χ0v) is 13.4. The van der Waals surface area contributed by atoms with Crippen molar-refractivity contribution in [2.75, 3.05) is 30.9 Å². The van der Waals surface area contributed by atoms with Crippen molar-refractivity contribution in [1.82, 2.24) is 14.7 Å². The van der Waals surface area contributed by atoms with Crippen LogP contribution in [0.5, 0.6) is 0 Å². The molecule has 0 unspecified atom stereocenters. The number of para-hydroxylation sites is 2. The van der Waals surface area contributed by atoms with Crippen LogP contribution in [0.3, 0.4) is 0 Å². The molecular weight excluding hydrogens is 294 g/mol. The Labute approximate surface area is 134 Å². The molecule has 2 amide bonds. The molecule has 0 bridgehead atoms. The van der Waals surface area contributed by atoms with Crippen LogP contribution in [-0.2, 0) is 11.3 Å². The summed E-state index contributed by atoms with van der Waals surface area (Å²) in [6, 6.07) is 7.28. The van der Waals surface area contributed by atoms with Crippen molar-refractivity contribution >= 4 is 28.9 Å². The summed E-state index contributed by atoms with van der Waals surface area (Å²) >= 11 is 0. The Morgan fingerprint density at radius 1 is 1.26 bits per heavy atom. The lowest BCUT2D eigenvalue weighted by molar-refractivity contribution is -0.118. The summed E-state index contributed by atoms with van der Waals surface area (Å²) in [4.78, 5) is 28.8. The first kappa shape index (κ1) is 15.2. The van der Waals surface area contributed by atoms with Gasteiger partial charge in [0.1, 0.15) is 5.69 Å². The van der Waals surface area contributed by atoms with Gasteiger partial charge in [0.25, 0.3) is 5.91 Å². The first-order valence-corrected chi connectivity index (χ1v) is 7.46. The molecule has 120 valence electrons. The number of anilines is 3. The third kappa shape index (κ3) is 2.59. The minimum absolute atomic E-state index is 0.115. The number of carbonyl (C=O) groups is 2. The Morgan fingerprint density at radius 3 is 2.70 bits per heavy atom. The van der Waals surface area contributed by atoms with E-state index in [2.05, 4.69) is 10.4 Å². The number of hydrogen-bond donors (Lipinski definition) is 1. The maximum atomic E-state index is 12.8. The summed E-state index contributed by atoms with van der Waals surface area (Å²) in [6.45, 7) is 2.69. The van der Waals surface area contributed by atoms with E-state index >= 15 is 0 Å². The Kier molecular flexibility index (Phi) is 3.87. The SMILES string of the molecule is CCn1ncc2c1C(=O)Nc1ccccc1N2C(=O)CN(C)C.